The topological polar surface area (TPSA) is 150 Å². The first-order valence-electron chi connectivity index (χ1n) is 11.2. The van der Waals surface area contributed by atoms with Gasteiger partial charge in [-0.25, -0.2) is 30.4 Å². The summed E-state index contributed by atoms with van der Waals surface area (Å²) in [5.74, 6) is 1.19. The van der Waals surface area contributed by atoms with Gasteiger partial charge in [-0.2, -0.15) is 0 Å². The Bertz CT molecular complexity index is 1350. The first-order chi connectivity index (χ1) is 17.6. The van der Waals surface area contributed by atoms with Crippen LogP contribution in [-0.4, -0.2) is 80.6 Å². The molecule has 5 heterocycles. The van der Waals surface area contributed by atoms with E-state index in [2.05, 4.69) is 19.9 Å². The molecule has 0 atom stereocenters. The molecule has 0 radical (unpaired) electrons. The van der Waals surface area contributed by atoms with Gasteiger partial charge in [-0.05, 0) is 13.0 Å². The number of amides is 1. The smallest absolute Gasteiger partial charge is 0.277 e. The highest BCUT2D eigenvalue weighted by atomic mass is 32.1. The van der Waals surface area contributed by atoms with Gasteiger partial charge in [0, 0.05) is 43.1 Å². The van der Waals surface area contributed by atoms with E-state index >= 15 is 0 Å². The van der Waals surface area contributed by atoms with Crippen molar-refractivity contribution < 1.29 is 19.8 Å². The van der Waals surface area contributed by atoms with Crippen LogP contribution in [0.1, 0.15) is 20.2 Å². The number of aryl methyl sites for hydroxylation is 1. The summed E-state index contributed by atoms with van der Waals surface area (Å²) in [6.07, 6.45) is 4.46. The van der Waals surface area contributed by atoms with Crippen molar-refractivity contribution in [3.05, 3.63) is 40.1 Å². The highest BCUT2D eigenvalue weighted by Crippen LogP contribution is 2.36. The zero-order chi connectivity index (χ0) is 25.1. The molecule has 12 nitrogen and oxygen atoms in total. The Balaban J connectivity index is 1.50. The molecule has 0 unspecified atom stereocenters. The number of carbonyl (C=O) groups is 1. The van der Waals surface area contributed by atoms with Crippen molar-refractivity contribution in [2.24, 2.45) is 0 Å². The molecule has 188 valence electrons. The maximum Gasteiger partial charge on any atom is 0.277 e. The van der Waals surface area contributed by atoms with Crippen LogP contribution in [0.2, 0.25) is 0 Å². The molecule has 14 heteroatoms. The van der Waals surface area contributed by atoms with Gasteiger partial charge in [0.25, 0.3) is 5.91 Å². The van der Waals surface area contributed by atoms with Gasteiger partial charge < -0.3 is 19.6 Å². The lowest BCUT2D eigenvalue weighted by atomic mass is 10.3. The van der Waals surface area contributed by atoms with Gasteiger partial charge in [-0.1, -0.05) is 0 Å². The number of thiazole rings is 1. The van der Waals surface area contributed by atoms with Crippen LogP contribution in [0.25, 0.3) is 20.9 Å². The van der Waals surface area contributed by atoms with Crippen LogP contribution >= 0.6 is 22.7 Å². The van der Waals surface area contributed by atoms with Gasteiger partial charge in [-0.15, -0.1) is 22.7 Å². The van der Waals surface area contributed by atoms with E-state index in [1.807, 2.05) is 17.9 Å². The molecule has 0 spiro atoms. The van der Waals surface area contributed by atoms with E-state index in [4.69, 9.17) is 19.9 Å². The lowest BCUT2D eigenvalue weighted by Crippen LogP contribution is -2.36. The summed E-state index contributed by atoms with van der Waals surface area (Å²) < 4.78 is 6.53. The SMILES string of the molecule is Cc1ncc(-c2nc(N3CCOCC3)c3sc(CN(CCO)c4ncc(C(=O)NO)cn4)cc3n2)s1. The molecule has 1 fully saturated rings. The van der Waals surface area contributed by atoms with Crippen LogP contribution in [0, 0.1) is 6.92 Å². The quantitative estimate of drug-likeness (QED) is 0.227. The Morgan fingerprint density at radius 1 is 1.17 bits per heavy atom. The van der Waals surface area contributed by atoms with Crippen LogP contribution in [0.5, 0.6) is 0 Å². The minimum atomic E-state index is -0.694. The molecule has 0 aromatic carbocycles. The van der Waals surface area contributed by atoms with Crippen LogP contribution in [0.15, 0.2) is 24.7 Å². The number of carbonyl (C=O) groups excluding carboxylic acids is 1. The Kier molecular flexibility index (Phi) is 7.29. The van der Waals surface area contributed by atoms with Crippen molar-refractivity contribution in [3.63, 3.8) is 0 Å². The number of nitrogens with one attached hydrogen (secondary N) is 1. The van der Waals surface area contributed by atoms with Crippen molar-refractivity contribution in [1.82, 2.24) is 30.4 Å². The summed E-state index contributed by atoms with van der Waals surface area (Å²) in [6, 6.07) is 2.03. The van der Waals surface area contributed by atoms with Gasteiger partial charge in [0.05, 0.1) is 52.0 Å². The van der Waals surface area contributed by atoms with Gasteiger partial charge >= 0.3 is 0 Å². The first kappa shape index (κ1) is 24.4. The molecule has 1 saturated heterocycles. The molecule has 5 rings (SSSR count). The predicted octanol–water partition coefficient (Wildman–Crippen LogP) is 1.87. The van der Waals surface area contributed by atoms with Crippen LogP contribution in [0.4, 0.5) is 11.8 Å². The molecule has 4 aromatic heterocycles. The summed E-state index contributed by atoms with van der Waals surface area (Å²) >= 11 is 3.15. The molecular formula is C22H24N8O4S2. The number of aliphatic hydroxyl groups excluding tert-OH is 1. The Labute approximate surface area is 214 Å². The van der Waals surface area contributed by atoms with E-state index in [-0.39, 0.29) is 12.2 Å². The minimum absolute atomic E-state index is 0.0964. The second-order valence-electron chi connectivity index (χ2n) is 8.00. The molecule has 3 N–H and O–H groups in total. The number of hydrogen-bond donors (Lipinski definition) is 3. The Morgan fingerprint density at radius 2 is 1.94 bits per heavy atom. The molecular weight excluding hydrogens is 504 g/mol. The van der Waals surface area contributed by atoms with Crippen molar-refractivity contribution in [3.8, 4) is 10.7 Å². The normalized spacial score (nSPS) is 13.8. The number of thiophene rings is 1. The van der Waals surface area contributed by atoms with Crippen LogP contribution < -0.4 is 15.3 Å². The van der Waals surface area contributed by atoms with E-state index in [1.54, 1.807) is 34.4 Å². The third-order valence-corrected chi connectivity index (χ3v) is 7.57. The number of morpholine rings is 1. The molecule has 0 aliphatic carbocycles. The molecule has 36 heavy (non-hydrogen) atoms. The lowest BCUT2D eigenvalue weighted by molar-refractivity contribution is 0.0705. The van der Waals surface area contributed by atoms with E-state index in [1.165, 1.54) is 12.4 Å². The zero-order valence-electron chi connectivity index (χ0n) is 19.4. The predicted molar refractivity (Wildman–Crippen MR) is 136 cm³/mol. The van der Waals surface area contributed by atoms with Gasteiger partial charge in [-0.3, -0.25) is 10.0 Å². The third-order valence-electron chi connectivity index (χ3n) is 5.56. The van der Waals surface area contributed by atoms with Gasteiger partial charge in [0.1, 0.15) is 0 Å². The van der Waals surface area contributed by atoms with Gasteiger partial charge in [0.15, 0.2) is 11.6 Å². The van der Waals surface area contributed by atoms with Crippen molar-refractivity contribution in [2.75, 3.05) is 49.3 Å². The third kappa shape index (κ3) is 5.12. The molecule has 0 saturated carbocycles. The summed E-state index contributed by atoms with van der Waals surface area (Å²) in [5.41, 5.74) is 2.53. The number of hydroxylamine groups is 1. The highest BCUT2D eigenvalue weighted by molar-refractivity contribution is 7.19. The number of anilines is 2. The summed E-state index contributed by atoms with van der Waals surface area (Å²) in [5, 5.41) is 19.4. The van der Waals surface area contributed by atoms with Crippen molar-refractivity contribution >= 4 is 50.6 Å². The minimum Gasteiger partial charge on any atom is -0.395 e. The van der Waals surface area contributed by atoms with Crippen molar-refractivity contribution in [1.29, 1.82) is 0 Å². The lowest BCUT2D eigenvalue weighted by Gasteiger charge is -2.28. The average Bonchev–Trinajstić information content (AvgIpc) is 3.53. The fourth-order valence-corrected chi connectivity index (χ4v) is 5.67. The van der Waals surface area contributed by atoms with E-state index in [9.17, 15) is 9.90 Å². The fourth-order valence-electron chi connectivity index (χ4n) is 3.83. The summed E-state index contributed by atoms with van der Waals surface area (Å²) in [7, 11) is 0. The Hall–Kier alpha value is -3.30. The van der Waals surface area contributed by atoms with E-state index in [0.717, 1.165) is 43.9 Å². The Morgan fingerprint density at radius 3 is 2.61 bits per heavy atom. The molecule has 0 bridgehead atoms. The van der Waals surface area contributed by atoms with E-state index in [0.29, 0.717) is 38.1 Å². The largest absolute Gasteiger partial charge is 0.395 e. The maximum absolute atomic E-state index is 11.6. The molecule has 1 aliphatic heterocycles. The van der Waals surface area contributed by atoms with Crippen LogP contribution in [-0.2, 0) is 11.3 Å². The number of nitrogens with zero attached hydrogens (tertiary/aromatic N) is 7. The number of aromatic nitrogens is 5. The fraction of sp³-hybridized carbons (Fsp3) is 0.364. The molecule has 4 aromatic rings. The second kappa shape index (κ2) is 10.8. The van der Waals surface area contributed by atoms with Crippen molar-refractivity contribution in [2.45, 2.75) is 13.5 Å². The van der Waals surface area contributed by atoms with Gasteiger partial charge in [0.2, 0.25) is 5.95 Å². The maximum atomic E-state index is 11.6. The summed E-state index contributed by atoms with van der Waals surface area (Å²) in [4.78, 5) is 40.2. The number of fused-ring (bicyclic) bond motifs is 1. The highest BCUT2D eigenvalue weighted by Gasteiger charge is 2.22. The standard InChI is InChI=1S/C22H24N8O4S2/c1-13-23-11-17(35-13)19-26-16-8-15(36-18(16)20(27-19)29-3-6-34-7-4-29)12-30(2-5-31)22-24-9-14(10-25-22)21(32)28-33/h8-11,31,33H,2-7,12H2,1H3,(H,28,32). The van der Waals surface area contributed by atoms with Crippen LogP contribution in [0.3, 0.4) is 0 Å². The average molecular weight is 529 g/mol. The number of aliphatic hydroxyl groups is 1. The number of ether oxygens (including phenoxy) is 1. The number of hydrogen-bond acceptors (Lipinski definition) is 13. The number of rotatable bonds is 8. The zero-order valence-corrected chi connectivity index (χ0v) is 21.1. The molecule has 1 amide bonds. The second-order valence-corrected chi connectivity index (χ2v) is 10.4. The monoisotopic (exact) mass is 528 g/mol. The summed E-state index contributed by atoms with van der Waals surface area (Å²) in [6.45, 7) is 5.38. The van der Waals surface area contributed by atoms with E-state index < -0.39 is 5.91 Å². The first-order valence-corrected chi connectivity index (χ1v) is 12.9. The molecule has 1 aliphatic rings.